The van der Waals surface area contributed by atoms with Crippen LogP contribution in [0.5, 0.6) is 5.75 Å². The highest BCUT2D eigenvalue weighted by atomic mass is 28.4. The third-order valence-electron chi connectivity index (χ3n) is 4.84. The second-order valence-electron chi connectivity index (χ2n) is 7.00. The summed E-state index contributed by atoms with van der Waals surface area (Å²) in [5, 5.41) is 0.0519. The zero-order valence-corrected chi connectivity index (χ0v) is 15.5. The smallest absolute Gasteiger partial charge is 0.255 e. The van der Waals surface area contributed by atoms with Crippen LogP contribution in [-0.2, 0) is 11.5 Å². The average molecular weight is 313 g/mol. The molecule has 0 aliphatic heterocycles. The van der Waals surface area contributed by atoms with Gasteiger partial charge in [-0.3, -0.25) is 0 Å². The highest BCUT2D eigenvalue weighted by Crippen LogP contribution is 2.35. The Hall–Kier alpha value is -1.54. The standard InChI is InChI=1S/C20H28OSi/c1-6-10-17-13-15-19(16-14-17)21-22(4,5)20(2,3)18-11-8-7-9-12-18/h7-9,11-16H,6,10H2,1-5H3. The van der Waals surface area contributed by atoms with E-state index in [0.717, 1.165) is 12.2 Å². The highest BCUT2D eigenvalue weighted by Gasteiger charge is 2.44. The van der Waals surface area contributed by atoms with Crippen molar-refractivity contribution in [2.75, 3.05) is 0 Å². The Morgan fingerprint density at radius 3 is 2.05 bits per heavy atom. The maximum absolute atomic E-state index is 6.49. The van der Waals surface area contributed by atoms with Crippen LogP contribution >= 0.6 is 0 Å². The molecule has 2 rings (SSSR count). The van der Waals surface area contributed by atoms with Crippen molar-refractivity contribution < 1.29 is 4.43 Å². The molecular weight excluding hydrogens is 284 g/mol. The minimum Gasteiger partial charge on any atom is -0.543 e. The van der Waals surface area contributed by atoms with Crippen molar-refractivity contribution in [3.8, 4) is 5.75 Å². The maximum Gasteiger partial charge on any atom is 0.255 e. The molecule has 0 bridgehead atoms. The summed E-state index contributed by atoms with van der Waals surface area (Å²) in [6, 6.07) is 19.4. The van der Waals surface area contributed by atoms with E-state index in [1.807, 2.05) is 0 Å². The molecular formula is C20H28OSi. The summed E-state index contributed by atoms with van der Waals surface area (Å²) >= 11 is 0. The fourth-order valence-corrected chi connectivity index (χ4v) is 4.48. The highest BCUT2D eigenvalue weighted by molar-refractivity contribution is 6.74. The van der Waals surface area contributed by atoms with Crippen molar-refractivity contribution >= 4 is 8.32 Å². The minimum absolute atomic E-state index is 0.0519. The van der Waals surface area contributed by atoms with Crippen LogP contribution in [0.1, 0.15) is 38.3 Å². The van der Waals surface area contributed by atoms with Crippen LogP contribution in [0.25, 0.3) is 0 Å². The predicted molar refractivity (Wildman–Crippen MR) is 98.0 cm³/mol. The zero-order valence-electron chi connectivity index (χ0n) is 14.5. The number of benzene rings is 2. The molecule has 2 aromatic carbocycles. The van der Waals surface area contributed by atoms with Gasteiger partial charge in [-0.1, -0.05) is 69.7 Å². The SMILES string of the molecule is CCCc1ccc(O[Si](C)(C)C(C)(C)c2ccccc2)cc1. The van der Waals surface area contributed by atoms with Gasteiger partial charge in [-0.25, -0.2) is 0 Å². The van der Waals surface area contributed by atoms with E-state index in [-0.39, 0.29) is 5.04 Å². The minimum atomic E-state index is -1.95. The Bertz CT molecular complexity index is 585. The third kappa shape index (κ3) is 3.61. The molecule has 0 fully saturated rings. The Morgan fingerprint density at radius 2 is 1.50 bits per heavy atom. The van der Waals surface area contributed by atoms with Gasteiger partial charge in [0.25, 0.3) is 8.32 Å². The van der Waals surface area contributed by atoms with Crippen molar-refractivity contribution in [2.24, 2.45) is 0 Å². The van der Waals surface area contributed by atoms with Crippen LogP contribution in [0.3, 0.4) is 0 Å². The van der Waals surface area contributed by atoms with E-state index in [1.165, 1.54) is 17.5 Å². The van der Waals surface area contributed by atoms with Gasteiger partial charge in [0.1, 0.15) is 5.75 Å². The van der Waals surface area contributed by atoms with Gasteiger partial charge in [0.2, 0.25) is 0 Å². The summed E-state index contributed by atoms with van der Waals surface area (Å²) in [5.41, 5.74) is 2.74. The summed E-state index contributed by atoms with van der Waals surface area (Å²) in [5.74, 6) is 1.00. The number of hydrogen-bond acceptors (Lipinski definition) is 1. The molecule has 0 radical (unpaired) electrons. The molecule has 0 aliphatic rings. The fourth-order valence-electron chi connectivity index (χ4n) is 2.64. The van der Waals surface area contributed by atoms with Crippen LogP contribution in [0, 0.1) is 0 Å². The molecule has 0 spiro atoms. The lowest BCUT2D eigenvalue weighted by Crippen LogP contribution is -2.52. The van der Waals surface area contributed by atoms with Crippen LogP contribution in [-0.4, -0.2) is 8.32 Å². The first-order valence-corrected chi connectivity index (χ1v) is 11.1. The van der Waals surface area contributed by atoms with Crippen molar-refractivity contribution in [3.63, 3.8) is 0 Å². The van der Waals surface area contributed by atoms with Crippen LogP contribution in [0.4, 0.5) is 0 Å². The van der Waals surface area contributed by atoms with Crippen LogP contribution in [0.15, 0.2) is 54.6 Å². The Labute approximate surface area is 136 Å². The van der Waals surface area contributed by atoms with Gasteiger partial charge >= 0.3 is 0 Å². The Balaban J connectivity index is 2.19. The molecule has 0 saturated carbocycles. The molecule has 22 heavy (non-hydrogen) atoms. The second kappa shape index (κ2) is 6.70. The molecule has 0 aromatic heterocycles. The molecule has 0 saturated heterocycles. The first-order valence-electron chi connectivity index (χ1n) is 8.20. The lowest BCUT2D eigenvalue weighted by atomic mass is 10.0. The topological polar surface area (TPSA) is 9.23 Å². The van der Waals surface area contributed by atoms with Gasteiger partial charge in [0.05, 0.1) is 0 Å². The van der Waals surface area contributed by atoms with E-state index in [9.17, 15) is 0 Å². The molecule has 1 nitrogen and oxygen atoms in total. The van der Waals surface area contributed by atoms with Gasteiger partial charge in [0, 0.05) is 5.04 Å². The second-order valence-corrected chi connectivity index (χ2v) is 11.5. The van der Waals surface area contributed by atoms with Crippen molar-refractivity contribution in [1.29, 1.82) is 0 Å². The Kier molecular flexibility index (Phi) is 5.12. The number of rotatable bonds is 6. The first kappa shape index (κ1) is 16.8. The van der Waals surface area contributed by atoms with Crippen LogP contribution in [0.2, 0.25) is 13.1 Å². The number of aryl methyl sites for hydroxylation is 1. The quantitative estimate of drug-likeness (QED) is 0.618. The van der Waals surface area contributed by atoms with Crippen molar-refractivity contribution in [2.45, 2.75) is 51.7 Å². The molecule has 118 valence electrons. The molecule has 0 heterocycles. The van der Waals surface area contributed by atoms with Crippen molar-refractivity contribution in [1.82, 2.24) is 0 Å². The summed E-state index contributed by atoms with van der Waals surface area (Å²) in [6.07, 6.45) is 2.32. The summed E-state index contributed by atoms with van der Waals surface area (Å²) in [6.45, 7) is 11.4. The van der Waals surface area contributed by atoms with E-state index >= 15 is 0 Å². The third-order valence-corrected chi connectivity index (χ3v) is 8.88. The van der Waals surface area contributed by atoms with E-state index < -0.39 is 8.32 Å². The van der Waals surface area contributed by atoms with Gasteiger partial charge in [0.15, 0.2) is 0 Å². The molecule has 0 amide bonds. The molecule has 0 aliphatic carbocycles. The van der Waals surface area contributed by atoms with Crippen molar-refractivity contribution in [3.05, 3.63) is 65.7 Å². The van der Waals surface area contributed by atoms with Gasteiger partial charge in [-0.05, 0) is 42.8 Å². The lowest BCUT2D eigenvalue weighted by molar-refractivity contribution is 0.489. The summed E-state index contributed by atoms with van der Waals surface area (Å²) < 4.78 is 6.49. The monoisotopic (exact) mass is 312 g/mol. The average Bonchev–Trinajstić information content (AvgIpc) is 2.50. The van der Waals surface area contributed by atoms with Gasteiger partial charge < -0.3 is 4.43 Å². The van der Waals surface area contributed by atoms with Crippen LogP contribution < -0.4 is 4.43 Å². The normalized spacial score (nSPS) is 12.2. The fraction of sp³-hybridized carbons (Fsp3) is 0.400. The number of hydrogen-bond donors (Lipinski definition) is 0. The zero-order chi connectivity index (χ0) is 16.2. The summed E-state index contributed by atoms with van der Waals surface area (Å²) in [7, 11) is -1.95. The first-order chi connectivity index (χ1) is 10.4. The largest absolute Gasteiger partial charge is 0.543 e. The van der Waals surface area contributed by atoms with Gasteiger partial charge in [-0.2, -0.15) is 0 Å². The summed E-state index contributed by atoms with van der Waals surface area (Å²) in [4.78, 5) is 0. The molecule has 2 aromatic rings. The molecule has 0 N–H and O–H groups in total. The van der Waals surface area contributed by atoms with E-state index in [0.29, 0.717) is 0 Å². The maximum atomic E-state index is 6.49. The van der Waals surface area contributed by atoms with E-state index in [4.69, 9.17) is 4.43 Å². The Morgan fingerprint density at radius 1 is 0.909 bits per heavy atom. The molecule has 0 atom stereocenters. The molecule has 0 unspecified atom stereocenters. The van der Waals surface area contributed by atoms with Gasteiger partial charge in [-0.15, -0.1) is 0 Å². The molecule has 2 heteroatoms. The van der Waals surface area contributed by atoms with E-state index in [2.05, 4.69) is 88.5 Å². The predicted octanol–water partition coefficient (Wildman–Crippen LogP) is 5.74. The van der Waals surface area contributed by atoms with E-state index in [1.54, 1.807) is 0 Å². The lowest BCUT2D eigenvalue weighted by Gasteiger charge is -2.40.